The summed E-state index contributed by atoms with van der Waals surface area (Å²) in [6.07, 6.45) is -4.58. The van der Waals surface area contributed by atoms with Crippen LogP contribution in [0.25, 0.3) is 10.8 Å². The maximum Gasteiger partial charge on any atom is 0.392 e. The molecule has 0 saturated heterocycles. The minimum absolute atomic E-state index is 0.113. The van der Waals surface area contributed by atoms with Crippen molar-refractivity contribution >= 4 is 28.3 Å². The first-order valence-electron chi connectivity index (χ1n) is 6.19. The van der Waals surface area contributed by atoms with Crippen LogP contribution < -0.4 is 0 Å². The van der Waals surface area contributed by atoms with Gasteiger partial charge in [-0.3, -0.25) is 4.79 Å². The van der Waals surface area contributed by atoms with E-state index in [-0.39, 0.29) is 5.56 Å². The lowest BCUT2D eigenvalue weighted by molar-refractivity contribution is -0.183. The number of halogens is 4. The van der Waals surface area contributed by atoms with E-state index in [1.165, 1.54) is 12.1 Å². The van der Waals surface area contributed by atoms with Crippen LogP contribution >= 0.6 is 11.6 Å². The summed E-state index contributed by atoms with van der Waals surface area (Å²) in [6, 6.07) is 9.39. The van der Waals surface area contributed by atoms with Gasteiger partial charge in [0, 0.05) is 10.4 Å². The van der Waals surface area contributed by atoms with Gasteiger partial charge in [-0.1, -0.05) is 48.9 Å². The summed E-state index contributed by atoms with van der Waals surface area (Å²) >= 11 is 5.99. The van der Waals surface area contributed by atoms with Crippen LogP contribution in [0.1, 0.15) is 18.4 Å². The number of fused-ring (bicyclic) bond motifs is 1. The molecular formula is C15H12ClF3O2. The molecular weight excluding hydrogens is 305 g/mol. The summed E-state index contributed by atoms with van der Waals surface area (Å²) < 4.78 is 38.5. The average Bonchev–Trinajstić information content (AvgIpc) is 2.37. The highest BCUT2D eigenvalue weighted by Crippen LogP contribution is 2.38. The molecule has 2 nitrogen and oxygen atoms in total. The Kier molecular flexibility index (Phi) is 4.14. The van der Waals surface area contributed by atoms with Crippen LogP contribution in [0.5, 0.6) is 0 Å². The molecule has 0 heterocycles. The second-order valence-electron chi connectivity index (χ2n) is 4.87. The number of benzene rings is 2. The number of carboxylic acid groups (broad SMARTS) is 1. The summed E-state index contributed by atoms with van der Waals surface area (Å²) in [5.74, 6) is -5.12. The van der Waals surface area contributed by atoms with E-state index in [0.717, 1.165) is 6.92 Å². The summed E-state index contributed by atoms with van der Waals surface area (Å²) in [5, 5.41) is 10.9. The van der Waals surface area contributed by atoms with E-state index in [1.807, 2.05) is 0 Å². The van der Waals surface area contributed by atoms with Gasteiger partial charge in [0.05, 0.1) is 11.8 Å². The molecule has 0 amide bonds. The molecule has 0 radical (unpaired) electrons. The Morgan fingerprint density at radius 2 is 1.90 bits per heavy atom. The number of hydrogen-bond donors (Lipinski definition) is 1. The number of aliphatic carboxylic acids is 1. The zero-order chi connectivity index (χ0) is 15.8. The third-order valence-corrected chi connectivity index (χ3v) is 3.82. The molecule has 2 aromatic rings. The Morgan fingerprint density at radius 1 is 1.24 bits per heavy atom. The Morgan fingerprint density at radius 3 is 2.48 bits per heavy atom. The number of alkyl halides is 3. The molecule has 2 aromatic carbocycles. The summed E-state index contributed by atoms with van der Waals surface area (Å²) in [4.78, 5) is 11.3. The fraction of sp³-hybridized carbons (Fsp3) is 0.267. The van der Waals surface area contributed by atoms with E-state index < -0.39 is 24.0 Å². The number of carbonyl (C=O) groups is 1. The monoisotopic (exact) mass is 316 g/mol. The first kappa shape index (κ1) is 15.6. The quantitative estimate of drug-likeness (QED) is 0.878. The maximum absolute atomic E-state index is 12.8. The van der Waals surface area contributed by atoms with Gasteiger partial charge in [-0.15, -0.1) is 0 Å². The lowest BCUT2D eigenvalue weighted by Crippen LogP contribution is -2.31. The van der Waals surface area contributed by atoms with Crippen LogP contribution in [0.15, 0.2) is 36.4 Å². The van der Waals surface area contributed by atoms with Gasteiger partial charge in [0.15, 0.2) is 0 Å². The van der Waals surface area contributed by atoms with Crippen molar-refractivity contribution in [3.8, 4) is 0 Å². The fourth-order valence-electron chi connectivity index (χ4n) is 2.29. The van der Waals surface area contributed by atoms with E-state index in [1.54, 1.807) is 24.3 Å². The van der Waals surface area contributed by atoms with Crippen molar-refractivity contribution in [1.82, 2.24) is 0 Å². The Balaban J connectivity index is 2.54. The zero-order valence-corrected chi connectivity index (χ0v) is 11.7. The van der Waals surface area contributed by atoms with Crippen LogP contribution in [0.2, 0.25) is 5.02 Å². The minimum Gasteiger partial charge on any atom is -0.481 e. The predicted octanol–water partition coefficient (Wildman–Crippen LogP) is 4.86. The number of hydrogen-bond acceptors (Lipinski definition) is 1. The smallest absolute Gasteiger partial charge is 0.392 e. The normalized spacial score (nSPS) is 14.9. The van der Waals surface area contributed by atoms with Crippen LogP contribution in [0.4, 0.5) is 13.2 Å². The van der Waals surface area contributed by atoms with Gasteiger partial charge < -0.3 is 5.11 Å². The molecule has 1 N–H and O–H groups in total. The van der Waals surface area contributed by atoms with Crippen molar-refractivity contribution in [3.63, 3.8) is 0 Å². The zero-order valence-electron chi connectivity index (χ0n) is 11.0. The summed E-state index contributed by atoms with van der Waals surface area (Å²) in [6.45, 7) is 0.876. The number of rotatable bonds is 3. The first-order chi connectivity index (χ1) is 9.71. The van der Waals surface area contributed by atoms with E-state index in [4.69, 9.17) is 16.7 Å². The Hall–Kier alpha value is -1.75. The standard InChI is InChI=1S/C15H12ClF3O2/c1-8(15(17,18)19)13(14(20)21)10-5-6-11-9(7-10)3-2-4-12(11)16/h2-8,13H,1H3,(H,20,21). The van der Waals surface area contributed by atoms with Crippen molar-refractivity contribution in [2.24, 2.45) is 5.92 Å². The van der Waals surface area contributed by atoms with Gasteiger partial charge in [0.25, 0.3) is 0 Å². The second kappa shape index (κ2) is 5.56. The first-order valence-corrected chi connectivity index (χ1v) is 6.57. The van der Waals surface area contributed by atoms with Gasteiger partial charge in [0.2, 0.25) is 0 Å². The molecule has 0 spiro atoms. The molecule has 0 fully saturated rings. The summed E-state index contributed by atoms with van der Waals surface area (Å²) in [7, 11) is 0. The van der Waals surface area contributed by atoms with Gasteiger partial charge >= 0.3 is 12.1 Å². The van der Waals surface area contributed by atoms with Crippen molar-refractivity contribution < 1.29 is 23.1 Å². The Bertz CT molecular complexity index is 682. The van der Waals surface area contributed by atoms with Crippen LogP contribution in [-0.4, -0.2) is 17.3 Å². The molecule has 2 rings (SSSR count). The molecule has 0 bridgehead atoms. The maximum atomic E-state index is 12.8. The SMILES string of the molecule is CC(C(C(=O)O)c1ccc2c(Cl)cccc2c1)C(F)(F)F. The molecule has 6 heteroatoms. The molecule has 0 aliphatic rings. The highest BCUT2D eigenvalue weighted by molar-refractivity contribution is 6.35. The molecule has 0 aliphatic carbocycles. The molecule has 2 atom stereocenters. The average molecular weight is 317 g/mol. The largest absolute Gasteiger partial charge is 0.481 e. The van der Waals surface area contributed by atoms with Crippen molar-refractivity contribution in [2.75, 3.05) is 0 Å². The predicted molar refractivity (Wildman–Crippen MR) is 74.6 cm³/mol. The molecule has 0 aliphatic heterocycles. The third-order valence-electron chi connectivity index (χ3n) is 3.49. The Labute approximate surface area is 124 Å². The molecule has 21 heavy (non-hydrogen) atoms. The van der Waals surface area contributed by atoms with E-state index in [0.29, 0.717) is 15.8 Å². The molecule has 0 saturated carbocycles. The van der Waals surface area contributed by atoms with Gasteiger partial charge in [0.1, 0.15) is 0 Å². The fourth-order valence-corrected chi connectivity index (χ4v) is 2.54. The highest BCUT2D eigenvalue weighted by atomic mass is 35.5. The molecule has 2 unspecified atom stereocenters. The van der Waals surface area contributed by atoms with Gasteiger partial charge in [-0.05, 0) is 17.0 Å². The van der Waals surface area contributed by atoms with Crippen molar-refractivity contribution in [3.05, 3.63) is 47.0 Å². The summed E-state index contributed by atoms with van der Waals surface area (Å²) in [5.41, 5.74) is 0.113. The second-order valence-corrected chi connectivity index (χ2v) is 5.27. The van der Waals surface area contributed by atoms with Gasteiger partial charge in [-0.25, -0.2) is 0 Å². The van der Waals surface area contributed by atoms with E-state index in [9.17, 15) is 18.0 Å². The van der Waals surface area contributed by atoms with Crippen LogP contribution in [-0.2, 0) is 4.79 Å². The van der Waals surface area contributed by atoms with Crippen LogP contribution in [0.3, 0.4) is 0 Å². The topological polar surface area (TPSA) is 37.3 Å². The molecule has 112 valence electrons. The van der Waals surface area contributed by atoms with Crippen molar-refractivity contribution in [2.45, 2.75) is 19.0 Å². The van der Waals surface area contributed by atoms with E-state index in [2.05, 4.69) is 0 Å². The third kappa shape index (κ3) is 3.13. The lowest BCUT2D eigenvalue weighted by Gasteiger charge is -2.23. The minimum atomic E-state index is -4.58. The van der Waals surface area contributed by atoms with Crippen LogP contribution in [0, 0.1) is 5.92 Å². The molecule has 0 aromatic heterocycles. The highest BCUT2D eigenvalue weighted by Gasteiger charge is 2.45. The lowest BCUT2D eigenvalue weighted by atomic mass is 9.86. The van der Waals surface area contributed by atoms with Crippen molar-refractivity contribution in [1.29, 1.82) is 0 Å². The van der Waals surface area contributed by atoms with Gasteiger partial charge in [-0.2, -0.15) is 13.2 Å². The number of carboxylic acids is 1. The van der Waals surface area contributed by atoms with E-state index >= 15 is 0 Å².